The van der Waals surface area contributed by atoms with E-state index in [1.807, 2.05) is 18.2 Å². The Morgan fingerprint density at radius 2 is 1.75 bits per heavy atom. The van der Waals surface area contributed by atoms with E-state index in [2.05, 4.69) is 4.99 Å². The number of nitrogens with two attached hydrogens (primary N) is 1. The van der Waals surface area contributed by atoms with Crippen molar-refractivity contribution in [2.75, 3.05) is 13.1 Å². The molecule has 100 valence electrons. The number of fused-ring (bicyclic) bond motifs is 1. The van der Waals surface area contributed by atoms with Gasteiger partial charge in [0.15, 0.2) is 5.78 Å². The van der Waals surface area contributed by atoms with E-state index < -0.39 is 0 Å². The summed E-state index contributed by atoms with van der Waals surface area (Å²) in [5.74, 6) is -0.290. The van der Waals surface area contributed by atoms with Gasteiger partial charge in [-0.05, 0) is 29.3 Å². The van der Waals surface area contributed by atoms with Gasteiger partial charge in [-0.15, -0.1) is 0 Å². The molecule has 20 heavy (non-hydrogen) atoms. The van der Waals surface area contributed by atoms with Crippen LogP contribution in [-0.4, -0.2) is 24.6 Å². The summed E-state index contributed by atoms with van der Waals surface area (Å²) >= 11 is 0. The van der Waals surface area contributed by atoms with Gasteiger partial charge in [-0.25, -0.2) is 4.39 Å². The highest BCUT2D eigenvalue weighted by molar-refractivity contribution is 6.16. The first-order chi connectivity index (χ1) is 9.69. The Morgan fingerprint density at radius 3 is 2.45 bits per heavy atom. The minimum Gasteiger partial charge on any atom is -0.325 e. The molecule has 0 saturated carbocycles. The molecule has 2 N–H and O–H groups in total. The van der Waals surface area contributed by atoms with Gasteiger partial charge < -0.3 is 5.73 Å². The molecular weight excluding hydrogens is 255 g/mol. The molecule has 0 radical (unpaired) electrons. The van der Waals surface area contributed by atoms with E-state index in [4.69, 9.17) is 5.73 Å². The number of benzene rings is 2. The average Bonchev–Trinajstić information content (AvgIpc) is 2.48. The van der Waals surface area contributed by atoms with Gasteiger partial charge >= 0.3 is 0 Å². The van der Waals surface area contributed by atoms with Gasteiger partial charge in [0.1, 0.15) is 12.4 Å². The van der Waals surface area contributed by atoms with E-state index in [0.717, 1.165) is 22.4 Å². The summed E-state index contributed by atoms with van der Waals surface area (Å²) in [6.45, 7) is 0.461. The average molecular weight is 268 g/mol. The van der Waals surface area contributed by atoms with Crippen molar-refractivity contribution < 1.29 is 9.18 Å². The van der Waals surface area contributed by atoms with Crippen molar-refractivity contribution in [1.29, 1.82) is 0 Å². The van der Waals surface area contributed by atoms with Crippen molar-refractivity contribution in [3.63, 3.8) is 0 Å². The zero-order valence-corrected chi connectivity index (χ0v) is 10.8. The second-order valence-electron chi connectivity index (χ2n) is 4.66. The summed E-state index contributed by atoms with van der Waals surface area (Å²) in [7, 11) is 0. The number of carbonyl (C=O) groups is 1. The van der Waals surface area contributed by atoms with Crippen LogP contribution in [0.4, 0.5) is 4.39 Å². The minimum absolute atomic E-state index is 0.0128. The van der Waals surface area contributed by atoms with E-state index in [0.29, 0.717) is 12.1 Å². The summed E-state index contributed by atoms with van der Waals surface area (Å²) < 4.78 is 13.0. The second-order valence-corrected chi connectivity index (χ2v) is 4.66. The molecule has 2 aromatic rings. The highest BCUT2D eigenvalue weighted by Gasteiger charge is 2.20. The molecule has 1 aliphatic heterocycles. The topological polar surface area (TPSA) is 55.4 Å². The van der Waals surface area contributed by atoms with Crippen LogP contribution < -0.4 is 5.73 Å². The number of nitrogens with zero attached hydrogens (tertiary/aromatic N) is 1. The lowest BCUT2D eigenvalue weighted by Gasteiger charge is -2.16. The van der Waals surface area contributed by atoms with E-state index in [1.54, 1.807) is 12.1 Å². The summed E-state index contributed by atoms with van der Waals surface area (Å²) in [5.41, 5.74) is 9.60. The standard InChI is InChI=1S/C16H13FN2O/c17-12-4-1-10(2-5-12)11-3-6-13-14(7-11)16(20)9-19-15(13)8-18/h1-7H,8-9,18H2. The van der Waals surface area contributed by atoms with Crippen LogP contribution in [0.5, 0.6) is 0 Å². The largest absolute Gasteiger partial charge is 0.325 e. The fraction of sp³-hybridized carbons (Fsp3) is 0.125. The van der Waals surface area contributed by atoms with Gasteiger partial charge in [0.2, 0.25) is 0 Å². The lowest BCUT2D eigenvalue weighted by molar-refractivity contribution is 0.1000. The molecule has 0 fully saturated rings. The van der Waals surface area contributed by atoms with Crippen molar-refractivity contribution in [1.82, 2.24) is 0 Å². The lowest BCUT2D eigenvalue weighted by Crippen LogP contribution is -2.24. The van der Waals surface area contributed by atoms with Gasteiger partial charge in [0.25, 0.3) is 0 Å². The molecule has 0 atom stereocenters. The third kappa shape index (κ3) is 2.14. The number of halogens is 1. The van der Waals surface area contributed by atoms with Crippen LogP contribution >= 0.6 is 0 Å². The first-order valence-electron chi connectivity index (χ1n) is 6.36. The van der Waals surface area contributed by atoms with Crippen LogP contribution in [0.25, 0.3) is 11.1 Å². The predicted molar refractivity (Wildman–Crippen MR) is 76.6 cm³/mol. The lowest BCUT2D eigenvalue weighted by atomic mass is 9.92. The molecule has 3 nitrogen and oxygen atoms in total. The number of aliphatic imine (C=N–C) groups is 1. The maximum absolute atomic E-state index is 13.0. The minimum atomic E-state index is -0.277. The normalized spacial score (nSPS) is 13.9. The maximum atomic E-state index is 13.0. The molecule has 0 saturated heterocycles. The fourth-order valence-corrected chi connectivity index (χ4v) is 2.36. The molecule has 0 aliphatic carbocycles. The molecule has 0 aromatic heterocycles. The molecule has 0 bridgehead atoms. The molecule has 1 heterocycles. The first kappa shape index (κ1) is 12.7. The molecule has 3 rings (SSSR count). The van der Waals surface area contributed by atoms with E-state index >= 15 is 0 Å². The Labute approximate surface area is 116 Å². The molecule has 2 aromatic carbocycles. The Morgan fingerprint density at radius 1 is 1.05 bits per heavy atom. The molecule has 1 aliphatic rings. The third-order valence-electron chi connectivity index (χ3n) is 3.42. The van der Waals surface area contributed by atoms with Crippen LogP contribution in [0.3, 0.4) is 0 Å². The Kier molecular flexibility index (Phi) is 3.16. The van der Waals surface area contributed by atoms with Gasteiger partial charge in [-0.2, -0.15) is 0 Å². The quantitative estimate of drug-likeness (QED) is 0.909. The van der Waals surface area contributed by atoms with Crippen molar-refractivity contribution in [3.8, 4) is 11.1 Å². The van der Waals surface area contributed by atoms with Crippen LogP contribution in [0.2, 0.25) is 0 Å². The number of carbonyl (C=O) groups excluding carboxylic acids is 1. The SMILES string of the molecule is NCC1=NCC(=O)c2cc(-c3ccc(F)cc3)ccc21. The third-order valence-corrected chi connectivity index (χ3v) is 3.42. The molecule has 0 spiro atoms. The summed E-state index contributed by atoms with van der Waals surface area (Å²) in [5, 5.41) is 0. The van der Waals surface area contributed by atoms with Crippen LogP contribution in [0, 0.1) is 5.82 Å². The molecule has 0 unspecified atom stereocenters. The second kappa shape index (κ2) is 4.98. The fourth-order valence-electron chi connectivity index (χ4n) is 2.36. The van der Waals surface area contributed by atoms with E-state index in [1.165, 1.54) is 12.1 Å². The number of rotatable bonds is 2. The zero-order valence-electron chi connectivity index (χ0n) is 10.8. The van der Waals surface area contributed by atoms with Crippen LogP contribution in [0.1, 0.15) is 15.9 Å². The van der Waals surface area contributed by atoms with Crippen molar-refractivity contribution in [2.45, 2.75) is 0 Å². The predicted octanol–water partition coefficient (Wildman–Crippen LogP) is 2.44. The summed E-state index contributed by atoms with van der Waals surface area (Å²) in [6.07, 6.45) is 0. The zero-order chi connectivity index (χ0) is 14.1. The van der Waals surface area contributed by atoms with E-state index in [-0.39, 0.29) is 18.1 Å². The number of hydrogen-bond acceptors (Lipinski definition) is 3. The van der Waals surface area contributed by atoms with Gasteiger partial charge in [0.05, 0.1) is 5.71 Å². The Balaban J connectivity index is 2.09. The number of hydrogen-bond donors (Lipinski definition) is 1. The van der Waals surface area contributed by atoms with Gasteiger partial charge in [-0.1, -0.05) is 24.3 Å². The molecule has 4 heteroatoms. The number of Topliss-reactive ketones (excluding diaryl/α,β-unsaturated/α-hetero) is 1. The maximum Gasteiger partial charge on any atom is 0.184 e. The molecule has 0 amide bonds. The first-order valence-corrected chi connectivity index (χ1v) is 6.36. The summed E-state index contributed by atoms with van der Waals surface area (Å²) in [4.78, 5) is 16.2. The highest BCUT2D eigenvalue weighted by Crippen LogP contribution is 2.25. The van der Waals surface area contributed by atoms with Crippen LogP contribution in [-0.2, 0) is 0 Å². The monoisotopic (exact) mass is 268 g/mol. The highest BCUT2D eigenvalue weighted by atomic mass is 19.1. The van der Waals surface area contributed by atoms with Crippen molar-refractivity contribution >= 4 is 11.5 Å². The van der Waals surface area contributed by atoms with Crippen LogP contribution in [0.15, 0.2) is 47.5 Å². The van der Waals surface area contributed by atoms with E-state index in [9.17, 15) is 9.18 Å². The van der Waals surface area contributed by atoms with Gasteiger partial charge in [0, 0.05) is 17.7 Å². The Bertz CT molecular complexity index is 705. The van der Waals surface area contributed by atoms with Crippen molar-refractivity contribution in [2.24, 2.45) is 10.7 Å². The number of ketones is 1. The molecular formula is C16H13FN2O. The van der Waals surface area contributed by atoms with Gasteiger partial charge in [-0.3, -0.25) is 9.79 Å². The summed E-state index contributed by atoms with van der Waals surface area (Å²) in [6, 6.07) is 11.8. The Hall–Kier alpha value is -2.33. The van der Waals surface area contributed by atoms with Crippen molar-refractivity contribution in [3.05, 3.63) is 59.4 Å². The smallest absolute Gasteiger partial charge is 0.184 e.